The maximum atomic E-state index is 14.0. The normalized spacial score (nSPS) is 10.2. The van der Waals surface area contributed by atoms with Gasteiger partial charge in [-0.3, -0.25) is 19.7 Å². The highest BCUT2D eigenvalue weighted by molar-refractivity contribution is 6.28. The Balaban J connectivity index is 2.08. The van der Waals surface area contributed by atoms with E-state index in [9.17, 15) is 33.6 Å². The molecule has 2 amide bonds. The van der Waals surface area contributed by atoms with Crippen LogP contribution in [0.2, 0.25) is 0 Å². The molecule has 0 aliphatic heterocycles. The van der Waals surface area contributed by atoms with Crippen LogP contribution in [0.5, 0.6) is 11.5 Å². The van der Waals surface area contributed by atoms with Gasteiger partial charge in [0, 0.05) is 6.07 Å². The minimum absolute atomic E-state index is 0.0660. The zero-order chi connectivity index (χ0) is 24.8. The average molecular weight is 469 g/mol. The summed E-state index contributed by atoms with van der Waals surface area (Å²) in [6.45, 7) is 0. The number of ether oxygens (including phenoxy) is 1. The molecule has 0 atom stereocenters. The molecule has 34 heavy (non-hydrogen) atoms. The summed E-state index contributed by atoms with van der Waals surface area (Å²) in [4.78, 5) is 36.2. The lowest BCUT2D eigenvalue weighted by Gasteiger charge is -2.12. The number of nitrogens with zero attached hydrogens (tertiary/aromatic N) is 1. The Bertz CT molecular complexity index is 1250. The first kappa shape index (κ1) is 23.9. The lowest BCUT2D eigenvalue weighted by atomic mass is 10.1. The van der Waals surface area contributed by atoms with Crippen LogP contribution in [0, 0.1) is 21.7 Å². The van der Waals surface area contributed by atoms with E-state index in [1.165, 1.54) is 36.4 Å². The lowest BCUT2D eigenvalue weighted by molar-refractivity contribution is -0.386. The molecule has 0 fully saturated rings. The first-order chi connectivity index (χ1) is 16.2. The molecule has 0 saturated heterocycles. The molecule has 0 aliphatic rings. The van der Waals surface area contributed by atoms with Gasteiger partial charge in [-0.1, -0.05) is 24.3 Å². The highest BCUT2D eigenvalue weighted by atomic mass is 19.1. The van der Waals surface area contributed by atoms with Crippen LogP contribution in [-0.4, -0.2) is 29.0 Å². The van der Waals surface area contributed by atoms with E-state index < -0.39 is 45.4 Å². The third-order valence-corrected chi connectivity index (χ3v) is 4.54. The van der Waals surface area contributed by atoms with Crippen LogP contribution in [0.15, 0.2) is 66.2 Å². The van der Waals surface area contributed by atoms with Crippen molar-refractivity contribution in [3.63, 3.8) is 0 Å². The summed E-state index contributed by atoms with van der Waals surface area (Å²) in [5.41, 5.74) is -1.90. The first-order valence-corrected chi connectivity index (χ1v) is 9.60. The fourth-order valence-corrected chi connectivity index (χ4v) is 2.90. The molecule has 3 aromatic carbocycles. The highest BCUT2D eigenvalue weighted by Crippen LogP contribution is 2.37. The van der Waals surface area contributed by atoms with E-state index >= 15 is 0 Å². The molecule has 3 aromatic rings. The van der Waals surface area contributed by atoms with Crippen molar-refractivity contribution in [3.05, 3.63) is 93.5 Å². The van der Waals surface area contributed by atoms with E-state index in [0.717, 1.165) is 37.5 Å². The second-order valence-corrected chi connectivity index (χ2v) is 6.77. The number of phenols is 1. The van der Waals surface area contributed by atoms with E-state index in [0.29, 0.717) is 0 Å². The Morgan fingerprint density at radius 1 is 0.971 bits per heavy atom. The van der Waals surface area contributed by atoms with Gasteiger partial charge in [0.25, 0.3) is 11.8 Å². The standard InChI is InChI=1S/C23H17F2N3O6/c1-34-20-12-13(11-19(21(20)29)28(32)33)10-14(22(30)26-17-8-4-2-6-15(17)24)23(31)27-18-9-5-3-7-16(18)25/h2-12,29H,1H3,(H,26,30)(H,27,31). The zero-order valence-corrected chi connectivity index (χ0v) is 17.5. The van der Waals surface area contributed by atoms with Crippen LogP contribution in [0.4, 0.5) is 25.8 Å². The minimum Gasteiger partial charge on any atom is -0.500 e. The fraction of sp³-hybridized carbons (Fsp3) is 0.0435. The van der Waals surface area contributed by atoms with E-state index in [1.807, 2.05) is 0 Å². The number of carbonyl (C=O) groups is 2. The quantitative estimate of drug-likeness (QED) is 0.156. The third kappa shape index (κ3) is 5.33. The fourth-order valence-electron chi connectivity index (χ4n) is 2.90. The Labute approximate surface area is 191 Å². The van der Waals surface area contributed by atoms with Crippen molar-refractivity contribution in [1.29, 1.82) is 0 Å². The highest BCUT2D eigenvalue weighted by Gasteiger charge is 2.24. The number of halogens is 2. The van der Waals surface area contributed by atoms with Crippen molar-refractivity contribution >= 4 is 35.0 Å². The monoisotopic (exact) mass is 469 g/mol. The van der Waals surface area contributed by atoms with Gasteiger partial charge in [0.2, 0.25) is 5.75 Å². The Morgan fingerprint density at radius 2 is 1.47 bits per heavy atom. The molecule has 3 rings (SSSR count). The number of aromatic hydroxyl groups is 1. The molecule has 0 bridgehead atoms. The molecule has 0 saturated carbocycles. The van der Waals surface area contributed by atoms with Crippen LogP contribution >= 0.6 is 0 Å². The number of phenolic OH excluding ortho intramolecular Hbond substituents is 1. The molecule has 11 heteroatoms. The minimum atomic E-state index is -1.08. The van der Waals surface area contributed by atoms with Crippen molar-refractivity contribution in [2.45, 2.75) is 0 Å². The summed E-state index contributed by atoms with van der Waals surface area (Å²) in [5, 5.41) is 25.7. The Kier molecular flexibility index (Phi) is 7.16. The topological polar surface area (TPSA) is 131 Å². The number of hydrogen-bond acceptors (Lipinski definition) is 6. The molecule has 0 unspecified atom stereocenters. The van der Waals surface area contributed by atoms with Gasteiger partial charge < -0.3 is 20.5 Å². The van der Waals surface area contributed by atoms with Gasteiger partial charge in [0.15, 0.2) is 5.75 Å². The Hall–Kier alpha value is -4.80. The number of benzene rings is 3. The molecule has 3 N–H and O–H groups in total. The first-order valence-electron chi connectivity index (χ1n) is 9.60. The predicted octanol–water partition coefficient (Wildman–Crippen LogP) is 4.25. The second-order valence-electron chi connectivity index (χ2n) is 6.77. The SMILES string of the molecule is COc1cc(C=C(C(=O)Nc2ccccc2F)C(=O)Nc2ccccc2F)cc([N+](=O)[O-])c1O. The number of nitro benzene ring substituents is 1. The van der Waals surface area contributed by atoms with Crippen LogP contribution in [0.25, 0.3) is 6.08 Å². The number of rotatable bonds is 7. The van der Waals surface area contributed by atoms with E-state index in [-0.39, 0.29) is 22.7 Å². The third-order valence-electron chi connectivity index (χ3n) is 4.54. The largest absolute Gasteiger partial charge is 0.500 e. The van der Waals surface area contributed by atoms with E-state index in [1.54, 1.807) is 0 Å². The molecule has 0 aromatic heterocycles. The van der Waals surface area contributed by atoms with Crippen molar-refractivity contribution in [3.8, 4) is 11.5 Å². The summed E-state index contributed by atoms with van der Waals surface area (Å²) < 4.78 is 33.0. The van der Waals surface area contributed by atoms with Gasteiger partial charge in [-0.15, -0.1) is 0 Å². The summed E-state index contributed by atoms with van der Waals surface area (Å²) in [5.74, 6) is -4.73. The Morgan fingerprint density at radius 3 is 1.91 bits per heavy atom. The summed E-state index contributed by atoms with van der Waals surface area (Å²) >= 11 is 0. The lowest BCUT2D eigenvalue weighted by Crippen LogP contribution is -2.26. The zero-order valence-electron chi connectivity index (χ0n) is 17.5. The van der Waals surface area contributed by atoms with Gasteiger partial charge >= 0.3 is 5.69 Å². The number of nitrogens with one attached hydrogen (secondary N) is 2. The second kappa shape index (κ2) is 10.2. The molecule has 9 nitrogen and oxygen atoms in total. The summed E-state index contributed by atoms with van der Waals surface area (Å²) in [6.07, 6.45) is 0.960. The van der Waals surface area contributed by atoms with Crippen molar-refractivity contribution in [1.82, 2.24) is 0 Å². The van der Waals surface area contributed by atoms with Crippen molar-refractivity contribution in [2.75, 3.05) is 17.7 Å². The van der Waals surface area contributed by atoms with Gasteiger partial charge in [-0.05, 0) is 42.0 Å². The predicted molar refractivity (Wildman–Crippen MR) is 119 cm³/mol. The van der Waals surface area contributed by atoms with Crippen molar-refractivity contribution < 1.29 is 33.1 Å². The number of nitro groups is 1. The van der Waals surface area contributed by atoms with Gasteiger partial charge in [-0.2, -0.15) is 0 Å². The number of para-hydroxylation sites is 2. The van der Waals surface area contributed by atoms with Crippen LogP contribution < -0.4 is 15.4 Å². The summed E-state index contributed by atoms with van der Waals surface area (Å²) in [7, 11) is 1.16. The number of methoxy groups -OCH3 is 1. The van der Waals surface area contributed by atoms with Crippen molar-refractivity contribution in [2.24, 2.45) is 0 Å². The van der Waals surface area contributed by atoms with Gasteiger partial charge in [0.05, 0.1) is 23.4 Å². The van der Waals surface area contributed by atoms with Crippen LogP contribution in [0.1, 0.15) is 5.56 Å². The number of amides is 2. The van der Waals surface area contributed by atoms with E-state index in [2.05, 4.69) is 10.6 Å². The molecular weight excluding hydrogens is 452 g/mol. The van der Waals surface area contributed by atoms with E-state index in [4.69, 9.17) is 4.74 Å². The molecule has 0 heterocycles. The molecule has 174 valence electrons. The molecule has 0 radical (unpaired) electrons. The van der Waals surface area contributed by atoms with Crippen LogP contribution in [-0.2, 0) is 9.59 Å². The number of carbonyl (C=O) groups excluding carboxylic acids is 2. The van der Waals surface area contributed by atoms with Crippen LogP contribution in [0.3, 0.4) is 0 Å². The molecular formula is C23H17F2N3O6. The number of hydrogen-bond donors (Lipinski definition) is 3. The molecule has 0 aliphatic carbocycles. The average Bonchev–Trinajstić information content (AvgIpc) is 2.80. The number of anilines is 2. The van der Waals surface area contributed by atoms with Gasteiger partial charge in [-0.25, -0.2) is 8.78 Å². The summed E-state index contributed by atoms with van der Waals surface area (Å²) in [6, 6.07) is 12.5. The maximum absolute atomic E-state index is 14.0. The molecule has 0 spiro atoms. The maximum Gasteiger partial charge on any atom is 0.315 e. The smallest absolute Gasteiger partial charge is 0.315 e. The van der Waals surface area contributed by atoms with Gasteiger partial charge in [0.1, 0.15) is 17.2 Å².